The van der Waals surface area contributed by atoms with Crippen LogP contribution >= 0.6 is 11.3 Å². The number of alkyl halides is 6. The Hall–Kier alpha value is -2.89. The molecule has 0 spiro atoms. The minimum atomic E-state index is -5.20. The first-order valence-corrected chi connectivity index (χ1v) is 7.88. The summed E-state index contributed by atoms with van der Waals surface area (Å²) in [5.41, 5.74) is -5.00. The van der Waals surface area contributed by atoms with Crippen molar-refractivity contribution in [1.82, 2.24) is 9.97 Å². The molecule has 0 atom stereocenters. The van der Waals surface area contributed by atoms with Crippen LogP contribution in [-0.4, -0.2) is 21.0 Å². The second-order valence-electron chi connectivity index (χ2n) is 5.20. The number of halogens is 6. The summed E-state index contributed by atoms with van der Waals surface area (Å²) in [4.78, 5) is 19.1. The summed E-state index contributed by atoms with van der Waals surface area (Å²) < 4.78 is 78.4. The zero-order valence-electron chi connectivity index (χ0n) is 12.8. The van der Waals surface area contributed by atoms with E-state index in [-0.39, 0.29) is 5.13 Å². The quantitative estimate of drug-likeness (QED) is 0.605. The molecule has 12 heteroatoms. The lowest BCUT2D eigenvalue weighted by molar-refractivity contribution is -0.141. The van der Waals surface area contributed by atoms with Gasteiger partial charge >= 0.3 is 12.4 Å². The van der Waals surface area contributed by atoms with Crippen LogP contribution in [-0.2, 0) is 12.4 Å². The fourth-order valence-corrected chi connectivity index (χ4v) is 2.81. The zero-order chi connectivity index (χ0) is 20.0. The van der Waals surface area contributed by atoms with Crippen LogP contribution in [0.15, 0.2) is 29.8 Å². The highest BCUT2D eigenvalue weighted by Crippen LogP contribution is 2.40. The van der Waals surface area contributed by atoms with Gasteiger partial charge in [0.2, 0.25) is 0 Å². The number of hydrogen-bond acceptors (Lipinski definition) is 5. The number of carbonyl (C=O) groups excluding carboxylic acids is 1. The highest BCUT2D eigenvalue weighted by Gasteiger charge is 2.40. The standard InChI is InChI=1S/C15H7F6N3O2S/c16-14(17,18)6-1-2-7-8(5-6)23-11(15(19,20)21)9(10(7)25)12(26)24-13-22-3-4-27-13/h1-5H,(H,23,25)(H,22,24,26). The number of fused-ring (bicyclic) bond motifs is 1. The predicted octanol–water partition coefficient (Wildman–Crippen LogP) is 4.69. The van der Waals surface area contributed by atoms with E-state index in [1.807, 2.05) is 0 Å². The van der Waals surface area contributed by atoms with Crippen molar-refractivity contribution in [1.29, 1.82) is 0 Å². The van der Waals surface area contributed by atoms with Gasteiger partial charge in [-0.2, -0.15) is 26.3 Å². The molecule has 2 aromatic heterocycles. The number of thiazole rings is 1. The van der Waals surface area contributed by atoms with Gasteiger partial charge < -0.3 is 5.11 Å². The van der Waals surface area contributed by atoms with Gasteiger partial charge in [0.05, 0.1) is 11.1 Å². The highest BCUT2D eigenvalue weighted by molar-refractivity contribution is 7.13. The molecule has 3 rings (SSSR count). The van der Waals surface area contributed by atoms with Gasteiger partial charge in [-0.25, -0.2) is 9.97 Å². The molecule has 3 aromatic rings. The van der Waals surface area contributed by atoms with Gasteiger partial charge in [-0.1, -0.05) is 0 Å². The zero-order valence-corrected chi connectivity index (χ0v) is 13.6. The third-order valence-corrected chi connectivity index (χ3v) is 4.12. The molecule has 2 N–H and O–H groups in total. The fraction of sp³-hybridized carbons (Fsp3) is 0.133. The Morgan fingerprint density at radius 3 is 2.37 bits per heavy atom. The number of nitrogens with one attached hydrogen (secondary N) is 1. The summed E-state index contributed by atoms with van der Waals surface area (Å²) in [5.74, 6) is -2.47. The Morgan fingerprint density at radius 1 is 1.11 bits per heavy atom. The Balaban J connectivity index is 2.22. The Morgan fingerprint density at radius 2 is 1.81 bits per heavy atom. The summed E-state index contributed by atoms with van der Waals surface area (Å²) >= 11 is 0.922. The van der Waals surface area contributed by atoms with Crippen molar-refractivity contribution in [2.45, 2.75) is 12.4 Å². The van der Waals surface area contributed by atoms with E-state index in [1.165, 1.54) is 11.6 Å². The topological polar surface area (TPSA) is 75.1 Å². The van der Waals surface area contributed by atoms with Gasteiger partial charge in [0.1, 0.15) is 11.3 Å². The van der Waals surface area contributed by atoms with Crippen LogP contribution in [0.1, 0.15) is 21.6 Å². The molecule has 1 aromatic carbocycles. The molecule has 0 saturated carbocycles. The summed E-state index contributed by atoms with van der Waals surface area (Å²) in [6, 6.07) is 1.69. The minimum Gasteiger partial charge on any atom is -0.506 e. The van der Waals surface area contributed by atoms with E-state index in [4.69, 9.17) is 0 Å². The smallest absolute Gasteiger partial charge is 0.434 e. The van der Waals surface area contributed by atoms with Gasteiger partial charge in [-0.15, -0.1) is 11.3 Å². The third-order valence-electron chi connectivity index (χ3n) is 3.43. The van der Waals surface area contributed by atoms with E-state index in [0.29, 0.717) is 12.1 Å². The van der Waals surface area contributed by atoms with Crippen molar-refractivity contribution in [2.24, 2.45) is 0 Å². The van der Waals surface area contributed by atoms with Crippen LogP contribution in [0.4, 0.5) is 31.5 Å². The molecule has 2 heterocycles. The predicted molar refractivity (Wildman–Crippen MR) is 83.5 cm³/mol. The molecule has 0 saturated heterocycles. The first kappa shape index (κ1) is 18.9. The Bertz CT molecular complexity index is 1020. The van der Waals surface area contributed by atoms with Crippen LogP contribution in [0, 0.1) is 0 Å². The average Bonchev–Trinajstić information content (AvgIpc) is 3.05. The lowest BCUT2D eigenvalue weighted by Crippen LogP contribution is -2.21. The summed E-state index contributed by atoms with van der Waals surface area (Å²) in [6.07, 6.45) is -8.72. The summed E-state index contributed by atoms with van der Waals surface area (Å²) in [7, 11) is 0. The van der Waals surface area contributed by atoms with Crippen LogP contribution in [0.2, 0.25) is 0 Å². The van der Waals surface area contributed by atoms with E-state index in [9.17, 15) is 36.2 Å². The molecule has 5 nitrogen and oxygen atoms in total. The van der Waals surface area contributed by atoms with Crippen molar-refractivity contribution in [2.75, 3.05) is 5.32 Å². The van der Waals surface area contributed by atoms with Crippen LogP contribution in [0.5, 0.6) is 5.75 Å². The van der Waals surface area contributed by atoms with Crippen molar-refractivity contribution in [3.63, 3.8) is 0 Å². The van der Waals surface area contributed by atoms with E-state index < -0.39 is 51.7 Å². The lowest BCUT2D eigenvalue weighted by atomic mass is 10.0. The second kappa shape index (κ2) is 6.37. The van der Waals surface area contributed by atoms with Crippen LogP contribution < -0.4 is 5.32 Å². The number of amides is 1. The Kier molecular flexibility index (Phi) is 4.46. The largest absolute Gasteiger partial charge is 0.506 e. The third kappa shape index (κ3) is 3.65. The lowest BCUT2D eigenvalue weighted by Gasteiger charge is -2.15. The molecule has 142 valence electrons. The normalized spacial score (nSPS) is 12.4. The molecule has 0 radical (unpaired) electrons. The van der Waals surface area contributed by atoms with E-state index >= 15 is 0 Å². The average molecular weight is 407 g/mol. The number of hydrogen-bond donors (Lipinski definition) is 2. The van der Waals surface area contributed by atoms with Crippen molar-refractivity contribution in [3.05, 3.63) is 46.6 Å². The van der Waals surface area contributed by atoms with E-state index in [2.05, 4.69) is 15.3 Å². The number of pyridine rings is 1. The van der Waals surface area contributed by atoms with Crippen molar-refractivity contribution in [3.8, 4) is 5.75 Å². The van der Waals surface area contributed by atoms with Gasteiger partial charge in [-0.3, -0.25) is 10.1 Å². The maximum Gasteiger partial charge on any atom is 0.434 e. The van der Waals surface area contributed by atoms with Gasteiger partial charge in [0, 0.05) is 17.0 Å². The van der Waals surface area contributed by atoms with E-state index in [1.54, 1.807) is 0 Å². The number of benzene rings is 1. The molecule has 0 unspecified atom stereocenters. The van der Waals surface area contributed by atoms with E-state index in [0.717, 1.165) is 17.4 Å². The first-order valence-electron chi connectivity index (χ1n) is 7.00. The molecule has 1 amide bonds. The molecule has 0 aliphatic heterocycles. The number of anilines is 1. The van der Waals surface area contributed by atoms with Crippen molar-refractivity contribution < 1.29 is 36.2 Å². The molecule has 0 aliphatic rings. The molecule has 0 fully saturated rings. The van der Waals surface area contributed by atoms with Gasteiger partial charge in [0.25, 0.3) is 5.91 Å². The highest BCUT2D eigenvalue weighted by atomic mass is 32.1. The summed E-state index contributed by atoms with van der Waals surface area (Å²) in [5, 5.41) is 13.3. The fourth-order valence-electron chi connectivity index (χ4n) is 2.29. The summed E-state index contributed by atoms with van der Waals surface area (Å²) in [6.45, 7) is 0. The monoisotopic (exact) mass is 407 g/mol. The second-order valence-corrected chi connectivity index (χ2v) is 6.10. The van der Waals surface area contributed by atoms with Gasteiger partial charge in [-0.05, 0) is 18.2 Å². The molecule has 0 bridgehead atoms. The molecular weight excluding hydrogens is 400 g/mol. The molecule has 0 aliphatic carbocycles. The number of carbonyl (C=O) groups is 1. The number of aromatic nitrogens is 2. The van der Waals surface area contributed by atoms with Crippen LogP contribution in [0.3, 0.4) is 0 Å². The molecular formula is C15H7F6N3O2S. The minimum absolute atomic E-state index is 0.0277. The Labute approximate surface area is 150 Å². The number of aromatic hydroxyl groups is 1. The van der Waals surface area contributed by atoms with Crippen molar-refractivity contribution >= 4 is 33.3 Å². The molecule has 27 heavy (non-hydrogen) atoms. The van der Waals surface area contributed by atoms with Gasteiger partial charge in [0.15, 0.2) is 10.8 Å². The van der Waals surface area contributed by atoms with Crippen LogP contribution in [0.25, 0.3) is 10.9 Å². The number of rotatable bonds is 2. The maximum atomic E-state index is 13.3. The maximum absolute atomic E-state index is 13.3. The SMILES string of the molecule is O=C(Nc1nccs1)c1c(C(F)(F)F)nc2cc(C(F)(F)F)ccc2c1O. The first-order chi connectivity index (χ1) is 12.5. The number of nitrogens with zero attached hydrogens (tertiary/aromatic N) is 2.